The van der Waals surface area contributed by atoms with E-state index in [9.17, 15) is 4.79 Å². The largest absolute Gasteiger partial charge is 0.497 e. The number of nitrogens with zero attached hydrogens (tertiary/aromatic N) is 3. The van der Waals surface area contributed by atoms with Gasteiger partial charge in [0.15, 0.2) is 17.3 Å². The quantitative estimate of drug-likeness (QED) is 0.241. The van der Waals surface area contributed by atoms with Gasteiger partial charge in [0.25, 0.3) is 5.22 Å². The number of Topliss-reactive ketones (excluding diaryl/α,β-unsaturated/α-hetero) is 1. The molecule has 4 rings (SSSR count). The van der Waals surface area contributed by atoms with E-state index >= 15 is 0 Å². The Morgan fingerprint density at radius 2 is 1.68 bits per heavy atom. The van der Waals surface area contributed by atoms with Gasteiger partial charge >= 0.3 is 0 Å². The molecular weight excluding hydrogens is 454 g/mol. The zero-order chi connectivity index (χ0) is 24.2. The van der Waals surface area contributed by atoms with Gasteiger partial charge in [0.1, 0.15) is 5.75 Å². The van der Waals surface area contributed by atoms with E-state index in [1.807, 2.05) is 50.2 Å². The number of thioether (sulfide) groups is 1. The highest BCUT2D eigenvalue weighted by Crippen LogP contribution is 2.33. The number of hydrogen-bond acceptors (Lipinski definition) is 8. The highest BCUT2D eigenvalue weighted by atomic mass is 32.2. The Hall–Kier alpha value is -3.72. The number of ether oxygens (including phenoxy) is 3. The van der Waals surface area contributed by atoms with E-state index in [0.29, 0.717) is 33.7 Å². The average Bonchev–Trinajstić information content (AvgIpc) is 3.46. The fraction of sp³-hybridized carbons (Fsp3) is 0.240. The molecule has 4 aromatic rings. The molecule has 0 saturated carbocycles. The molecule has 0 unspecified atom stereocenters. The summed E-state index contributed by atoms with van der Waals surface area (Å²) in [6.07, 6.45) is 0. The van der Waals surface area contributed by atoms with Crippen LogP contribution in [0.15, 0.2) is 58.2 Å². The smallest absolute Gasteiger partial charge is 0.277 e. The van der Waals surface area contributed by atoms with Crippen LogP contribution >= 0.6 is 11.8 Å². The maximum atomic E-state index is 13.0. The van der Waals surface area contributed by atoms with Crippen molar-refractivity contribution in [1.82, 2.24) is 14.8 Å². The van der Waals surface area contributed by atoms with Gasteiger partial charge in [0, 0.05) is 28.2 Å². The van der Waals surface area contributed by atoms with Gasteiger partial charge in [-0.2, -0.15) is 0 Å². The Bertz CT molecular complexity index is 1310. The summed E-state index contributed by atoms with van der Waals surface area (Å²) in [6, 6.07) is 15.0. The van der Waals surface area contributed by atoms with E-state index in [4.69, 9.17) is 18.6 Å². The summed E-state index contributed by atoms with van der Waals surface area (Å²) in [5.41, 5.74) is 4.19. The second kappa shape index (κ2) is 10.0. The number of rotatable bonds is 9. The number of ketones is 1. The Kier molecular flexibility index (Phi) is 6.93. The van der Waals surface area contributed by atoms with Crippen molar-refractivity contribution in [2.45, 2.75) is 19.1 Å². The van der Waals surface area contributed by atoms with Gasteiger partial charge in [-0.15, -0.1) is 10.2 Å². The first kappa shape index (κ1) is 23.4. The van der Waals surface area contributed by atoms with E-state index in [0.717, 1.165) is 22.8 Å². The van der Waals surface area contributed by atoms with Gasteiger partial charge in [0.2, 0.25) is 5.89 Å². The SMILES string of the molecule is COc1ccc(-n2c(C)cc(C(=O)CSc3nnc(-c4ccc(OC)c(OC)c4)o3)c2C)cc1. The molecule has 0 atom stereocenters. The zero-order valence-electron chi connectivity index (χ0n) is 19.6. The molecule has 0 amide bonds. The summed E-state index contributed by atoms with van der Waals surface area (Å²) in [7, 11) is 4.77. The van der Waals surface area contributed by atoms with Crippen LogP contribution in [0.3, 0.4) is 0 Å². The van der Waals surface area contributed by atoms with Crippen LogP contribution in [0.25, 0.3) is 17.1 Å². The number of benzene rings is 2. The summed E-state index contributed by atoms with van der Waals surface area (Å²) in [4.78, 5) is 13.0. The molecule has 0 fully saturated rings. The predicted molar refractivity (Wildman–Crippen MR) is 130 cm³/mol. The topological polar surface area (TPSA) is 88.6 Å². The van der Waals surface area contributed by atoms with Crippen LogP contribution in [0.4, 0.5) is 0 Å². The number of hydrogen-bond donors (Lipinski definition) is 0. The first-order valence-electron chi connectivity index (χ1n) is 10.5. The first-order chi connectivity index (χ1) is 16.4. The molecule has 0 aliphatic rings. The summed E-state index contributed by atoms with van der Waals surface area (Å²) in [6.45, 7) is 3.92. The van der Waals surface area contributed by atoms with Crippen LogP contribution in [-0.4, -0.2) is 47.6 Å². The standard InChI is InChI=1S/C25H25N3O5S/c1-15-12-20(16(2)28(15)18-7-9-19(30-3)10-8-18)21(29)14-34-25-27-26-24(33-25)17-6-11-22(31-4)23(13-17)32-5/h6-13H,14H2,1-5H3. The number of carbonyl (C=O) groups excluding carboxylic acids is 1. The minimum atomic E-state index is -0.0104. The van der Waals surface area contributed by atoms with Crippen molar-refractivity contribution in [3.8, 4) is 34.4 Å². The number of aromatic nitrogens is 3. The molecule has 2 heterocycles. The summed E-state index contributed by atoms with van der Waals surface area (Å²) < 4.78 is 23.6. The van der Waals surface area contributed by atoms with Gasteiger partial charge in [-0.05, 0) is 62.4 Å². The van der Waals surface area contributed by atoms with Gasteiger partial charge in [-0.1, -0.05) is 11.8 Å². The molecule has 8 nitrogen and oxygen atoms in total. The van der Waals surface area contributed by atoms with E-state index in [1.54, 1.807) is 33.5 Å². The summed E-state index contributed by atoms with van der Waals surface area (Å²) in [5.74, 6) is 2.47. The molecule has 9 heteroatoms. The third-order valence-corrected chi connectivity index (χ3v) is 6.24. The summed E-state index contributed by atoms with van der Waals surface area (Å²) >= 11 is 1.21. The lowest BCUT2D eigenvalue weighted by Crippen LogP contribution is -2.05. The predicted octanol–water partition coefficient (Wildman–Crippen LogP) is 5.14. The molecule has 2 aromatic carbocycles. The molecule has 0 bridgehead atoms. The van der Waals surface area contributed by atoms with Crippen LogP contribution in [0.2, 0.25) is 0 Å². The zero-order valence-corrected chi connectivity index (χ0v) is 20.4. The molecule has 34 heavy (non-hydrogen) atoms. The van der Waals surface area contributed by atoms with Crippen molar-refractivity contribution in [2.75, 3.05) is 27.1 Å². The highest BCUT2D eigenvalue weighted by molar-refractivity contribution is 7.99. The van der Waals surface area contributed by atoms with Crippen LogP contribution in [0.5, 0.6) is 17.2 Å². The van der Waals surface area contributed by atoms with E-state index in [1.165, 1.54) is 11.8 Å². The molecule has 0 spiro atoms. The van der Waals surface area contributed by atoms with Crippen molar-refractivity contribution in [2.24, 2.45) is 0 Å². The van der Waals surface area contributed by atoms with Crippen molar-refractivity contribution in [3.63, 3.8) is 0 Å². The maximum Gasteiger partial charge on any atom is 0.277 e. The third kappa shape index (κ3) is 4.65. The lowest BCUT2D eigenvalue weighted by atomic mass is 10.2. The lowest BCUT2D eigenvalue weighted by molar-refractivity contribution is 0.102. The van der Waals surface area contributed by atoms with Crippen LogP contribution < -0.4 is 14.2 Å². The number of methoxy groups -OCH3 is 3. The Morgan fingerprint density at radius 1 is 0.941 bits per heavy atom. The molecule has 0 saturated heterocycles. The van der Waals surface area contributed by atoms with Gasteiger partial charge in [-0.3, -0.25) is 4.79 Å². The third-order valence-electron chi connectivity index (χ3n) is 5.43. The normalized spacial score (nSPS) is 10.9. The minimum absolute atomic E-state index is 0.0104. The van der Waals surface area contributed by atoms with Gasteiger partial charge < -0.3 is 23.2 Å². The molecular formula is C25H25N3O5S. The second-order valence-electron chi connectivity index (χ2n) is 7.47. The minimum Gasteiger partial charge on any atom is -0.497 e. The van der Waals surface area contributed by atoms with E-state index < -0.39 is 0 Å². The fourth-order valence-electron chi connectivity index (χ4n) is 3.73. The Balaban J connectivity index is 1.47. The average molecular weight is 480 g/mol. The maximum absolute atomic E-state index is 13.0. The van der Waals surface area contributed by atoms with Crippen molar-refractivity contribution >= 4 is 17.5 Å². The second-order valence-corrected chi connectivity index (χ2v) is 8.40. The van der Waals surface area contributed by atoms with E-state index in [-0.39, 0.29) is 11.5 Å². The number of carbonyl (C=O) groups is 1. The van der Waals surface area contributed by atoms with Gasteiger partial charge in [0.05, 0.1) is 27.1 Å². The van der Waals surface area contributed by atoms with Crippen LogP contribution in [0, 0.1) is 13.8 Å². The fourth-order valence-corrected chi connectivity index (χ4v) is 4.38. The van der Waals surface area contributed by atoms with Crippen molar-refractivity contribution in [3.05, 3.63) is 65.5 Å². The van der Waals surface area contributed by atoms with Crippen molar-refractivity contribution in [1.29, 1.82) is 0 Å². The number of aryl methyl sites for hydroxylation is 1. The molecule has 0 aliphatic heterocycles. The monoisotopic (exact) mass is 479 g/mol. The molecule has 0 N–H and O–H groups in total. The molecule has 2 aromatic heterocycles. The van der Waals surface area contributed by atoms with Crippen LogP contribution in [0.1, 0.15) is 21.7 Å². The van der Waals surface area contributed by atoms with Crippen LogP contribution in [-0.2, 0) is 0 Å². The lowest BCUT2D eigenvalue weighted by Gasteiger charge is -2.10. The van der Waals surface area contributed by atoms with E-state index in [2.05, 4.69) is 14.8 Å². The Labute approximate surface area is 201 Å². The van der Waals surface area contributed by atoms with Gasteiger partial charge in [-0.25, -0.2) is 0 Å². The highest BCUT2D eigenvalue weighted by Gasteiger charge is 2.19. The van der Waals surface area contributed by atoms with Crippen molar-refractivity contribution < 1.29 is 23.4 Å². The molecule has 0 aliphatic carbocycles. The summed E-state index contributed by atoms with van der Waals surface area (Å²) in [5, 5.41) is 8.49. The molecule has 176 valence electrons. The first-order valence-corrected chi connectivity index (χ1v) is 11.5. The Morgan fingerprint density at radius 3 is 2.35 bits per heavy atom. The molecule has 0 radical (unpaired) electrons.